The second-order valence-electron chi connectivity index (χ2n) is 5.63. The molecule has 1 rings (SSSR count). The lowest BCUT2D eigenvalue weighted by Crippen LogP contribution is -2.66. The van der Waals surface area contributed by atoms with Crippen molar-refractivity contribution < 1.29 is 48.7 Å². The Morgan fingerprint density at radius 1 is 1.28 bits per heavy atom. The van der Waals surface area contributed by atoms with Crippen molar-refractivity contribution in [3.8, 4) is 0 Å². The third-order valence-corrected chi connectivity index (χ3v) is 3.62. The highest BCUT2D eigenvalue weighted by Crippen LogP contribution is 2.33. The smallest absolute Gasteiger partial charge is 0.379 e. The standard InChI is InChI=1S/C14H23NO10/c1-6(16)23-5-9(19)11(20)12-10(15)8(18)4-14(25-12,13(21)22-3)24-7(2)17/h8-12,18-20H,4-5,15H2,1-3H3/t8-,9+,10+,11+,12+,14-/m0/s1. The molecular weight excluding hydrogens is 342 g/mol. The van der Waals surface area contributed by atoms with Gasteiger partial charge in [-0.3, -0.25) is 9.59 Å². The Labute approximate surface area is 143 Å². The van der Waals surface area contributed by atoms with Gasteiger partial charge in [0.15, 0.2) is 0 Å². The minimum atomic E-state index is -2.33. The molecule has 1 saturated heterocycles. The van der Waals surface area contributed by atoms with Crippen molar-refractivity contribution in [2.75, 3.05) is 13.7 Å². The van der Waals surface area contributed by atoms with E-state index in [4.69, 9.17) is 15.2 Å². The Kier molecular flexibility index (Phi) is 7.26. The number of carbonyl (C=O) groups excluding carboxylic acids is 3. The van der Waals surface area contributed by atoms with Crippen LogP contribution in [0.3, 0.4) is 0 Å². The van der Waals surface area contributed by atoms with Crippen molar-refractivity contribution in [2.24, 2.45) is 5.73 Å². The predicted octanol–water partition coefficient (Wildman–Crippen LogP) is -2.82. The Bertz CT molecular complexity index is 512. The van der Waals surface area contributed by atoms with Gasteiger partial charge in [-0.1, -0.05) is 0 Å². The van der Waals surface area contributed by atoms with Gasteiger partial charge in [-0.05, 0) is 0 Å². The lowest BCUT2D eigenvalue weighted by Gasteiger charge is -2.45. The number of esters is 3. The summed E-state index contributed by atoms with van der Waals surface area (Å²) in [6, 6.07) is -1.23. The van der Waals surface area contributed by atoms with Gasteiger partial charge in [0.25, 0.3) is 0 Å². The van der Waals surface area contributed by atoms with E-state index in [0.29, 0.717) is 0 Å². The molecule has 1 aliphatic heterocycles. The third-order valence-electron chi connectivity index (χ3n) is 3.62. The van der Waals surface area contributed by atoms with E-state index in [2.05, 4.69) is 9.47 Å². The average molecular weight is 365 g/mol. The van der Waals surface area contributed by atoms with Crippen LogP contribution < -0.4 is 5.73 Å². The molecule has 0 saturated carbocycles. The van der Waals surface area contributed by atoms with Gasteiger partial charge in [0.2, 0.25) is 0 Å². The van der Waals surface area contributed by atoms with Crippen LogP contribution in [0.5, 0.6) is 0 Å². The van der Waals surface area contributed by atoms with Crippen LogP contribution in [-0.2, 0) is 33.3 Å². The normalized spacial score (nSPS) is 31.6. The summed E-state index contributed by atoms with van der Waals surface area (Å²) in [7, 11) is 1.01. The van der Waals surface area contributed by atoms with Gasteiger partial charge < -0.3 is 40.0 Å². The minimum Gasteiger partial charge on any atom is -0.464 e. The summed E-state index contributed by atoms with van der Waals surface area (Å²) in [6.07, 6.45) is -6.86. The summed E-state index contributed by atoms with van der Waals surface area (Å²) >= 11 is 0. The fourth-order valence-corrected chi connectivity index (χ4v) is 2.42. The highest BCUT2D eigenvalue weighted by atomic mass is 16.8. The number of aliphatic hydroxyl groups excluding tert-OH is 3. The number of ether oxygens (including phenoxy) is 4. The largest absolute Gasteiger partial charge is 0.464 e. The molecular formula is C14H23NO10. The second-order valence-corrected chi connectivity index (χ2v) is 5.63. The Morgan fingerprint density at radius 2 is 1.88 bits per heavy atom. The molecule has 0 unspecified atom stereocenters. The monoisotopic (exact) mass is 365 g/mol. The van der Waals surface area contributed by atoms with Gasteiger partial charge in [0.05, 0.1) is 25.7 Å². The molecule has 144 valence electrons. The molecule has 1 heterocycles. The molecule has 11 heteroatoms. The van der Waals surface area contributed by atoms with Crippen LogP contribution in [0, 0.1) is 0 Å². The summed E-state index contributed by atoms with van der Waals surface area (Å²) in [6.45, 7) is 1.54. The van der Waals surface area contributed by atoms with Gasteiger partial charge in [-0.2, -0.15) is 0 Å². The first kappa shape index (κ1) is 21.3. The van der Waals surface area contributed by atoms with E-state index < -0.39 is 67.2 Å². The first-order valence-corrected chi connectivity index (χ1v) is 7.43. The lowest BCUT2D eigenvalue weighted by molar-refractivity contribution is -0.299. The summed E-state index contributed by atoms with van der Waals surface area (Å²) in [4.78, 5) is 34.1. The maximum absolute atomic E-state index is 12.0. The molecule has 6 atom stereocenters. The van der Waals surface area contributed by atoms with E-state index >= 15 is 0 Å². The van der Waals surface area contributed by atoms with Crippen molar-refractivity contribution >= 4 is 17.9 Å². The van der Waals surface area contributed by atoms with Crippen LogP contribution >= 0.6 is 0 Å². The molecule has 5 N–H and O–H groups in total. The quantitative estimate of drug-likeness (QED) is 0.282. The zero-order chi connectivity index (χ0) is 19.4. The van der Waals surface area contributed by atoms with Crippen molar-refractivity contribution in [1.82, 2.24) is 0 Å². The van der Waals surface area contributed by atoms with Gasteiger partial charge in [-0.15, -0.1) is 0 Å². The molecule has 0 radical (unpaired) electrons. The second kappa shape index (κ2) is 8.54. The van der Waals surface area contributed by atoms with E-state index in [-0.39, 0.29) is 0 Å². The van der Waals surface area contributed by atoms with Crippen molar-refractivity contribution in [2.45, 2.75) is 56.5 Å². The average Bonchev–Trinajstić information content (AvgIpc) is 2.53. The van der Waals surface area contributed by atoms with Crippen molar-refractivity contribution in [3.63, 3.8) is 0 Å². The van der Waals surface area contributed by atoms with Crippen LogP contribution in [0.4, 0.5) is 0 Å². The van der Waals surface area contributed by atoms with Gasteiger partial charge >= 0.3 is 23.7 Å². The first-order chi connectivity index (χ1) is 11.5. The van der Waals surface area contributed by atoms with E-state index in [1.54, 1.807) is 0 Å². The number of hydrogen-bond donors (Lipinski definition) is 4. The van der Waals surface area contributed by atoms with E-state index in [9.17, 15) is 29.7 Å². The van der Waals surface area contributed by atoms with Gasteiger partial charge in [-0.25, -0.2) is 4.79 Å². The van der Waals surface area contributed by atoms with Gasteiger partial charge in [0, 0.05) is 13.8 Å². The van der Waals surface area contributed by atoms with Crippen LogP contribution in [0.25, 0.3) is 0 Å². The summed E-state index contributed by atoms with van der Waals surface area (Å²) < 4.78 is 19.4. The summed E-state index contributed by atoms with van der Waals surface area (Å²) in [5.41, 5.74) is 5.76. The number of methoxy groups -OCH3 is 1. The number of nitrogens with two attached hydrogens (primary N) is 1. The molecule has 0 aromatic heterocycles. The fraction of sp³-hybridized carbons (Fsp3) is 0.786. The Balaban J connectivity index is 3.06. The van der Waals surface area contributed by atoms with Crippen molar-refractivity contribution in [3.05, 3.63) is 0 Å². The molecule has 0 amide bonds. The summed E-state index contributed by atoms with van der Waals surface area (Å²) in [5.74, 6) is -5.05. The zero-order valence-electron chi connectivity index (χ0n) is 14.1. The summed E-state index contributed by atoms with van der Waals surface area (Å²) in [5, 5.41) is 30.2. The number of rotatable bonds is 6. The topological polar surface area (TPSA) is 175 Å². The van der Waals surface area contributed by atoms with Gasteiger partial charge in [0.1, 0.15) is 24.9 Å². The molecule has 25 heavy (non-hydrogen) atoms. The maximum atomic E-state index is 12.0. The first-order valence-electron chi connectivity index (χ1n) is 7.43. The minimum absolute atomic E-state index is 0.524. The lowest BCUT2D eigenvalue weighted by atomic mass is 9.89. The van der Waals surface area contributed by atoms with Crippen LogP contribution in [0.15, 0.2) is 0 Å². The number of aliphatic hydroxyl groups is 3. The molecule has 0 aromatic carbocycles. The van der Waals surface area contributed by atoms with E-state index in [1.807, 2.05) is 0 Å². The third kappa shape index (κ3) is 5.09. The highest BCUT2D eigenvalue weighted by Gasteiger charge is 2.56. The molecule has 0 spiro atoms. The SMILES string of the molecule is COC(=O)[C@]1(OC(C)=O)C[C@H](O)[C@@H](N)[C@H]([C@H](O)[C@H](O)COC(C)=O)O1. The molecule has 1 aliphatic rings. The molecule has 0 bridgehead atoms. The molecule has 11 nitrogen and oxygen atoms in total. The van der Waals surface area contributed by atoms with Crippen molar-refractivity contribution in [1.29, 1.82) is 0 Å². The number of carbonyl (C=O) groups is 3. The van der Waals surface area contributed by atoms with E-state index in [1.165, 1.54) is 0 Å². The highest BCUT2D eigenvalue weighted by molar-refractivity contribution is 5.81. The Hall–Kier alpha value is -1.79. The molecule has 0 aliphatic carbocycles. The van der Waals surface area contributed by atoms with Crippen LogP contribution in [-0.4, -0.2) is 83.2 Å². The molecule has 0 aromatic rings. The Morgan fingerprint density at radius 3 is 2.36 bits per heavy atom. The maximum Gasteiger partial charge on any atom is 0.379 e. The number of hydrogen-bond acceptors (Lipinski definition) is 11. The molecule has 1 fully saturated rings. The van der Waals surface area contributed by atoms with E-state index in [0.717, 1.165) is 21.0 Å². The predicted molar refractivity (Wildman–Crippen MR) is 78.6 cm³/mol. The van der Waals surface area contributed by atoms with Crippen LogP contribution in [0.1, 0.15) is 20.3 Å². The fourth-order valence-electron chi connectivity index (χ4n) is 2.42. The zero-order valence-corrected chi connectivity index (χ0v) is 14.1. The van der Waals surface area contributed by atoms with Crippen LogP contribution in [0.2, 0.25) is 0 Å².